The molecular formula is C10H9Br2NO. The van der Waals surface area contributed by atoms with Gasteiger partial charge in [0.1, 0.15) is 0 Å². The third-order valence-corrected chi connectivity index (χ3v) is 3.61. The maximum atomic E-state index is 11.4. The second-order valence-corrected chi connectivity index (χ2v) is 4.35. The van der Waals surface area contributed by atoms with Gasteiger partial charge in [0, 0.05) is 22.8 Å². The van der Waals surface area contributed by atoms with Crippen molar-refractivity contribution in [3.63, 3.8) is 0 Å². The molecule has 0 atom stereocenters. The highest BCUT2D eigenvalue weighted by Crippen LogP contribution is 2.24. The Morgan fingerprint density at radius 3 is 2.50 bits per heavy atom. The van der Waals surface area contributed by atoms with E-state index >= 15 is 0 Å². The van der Waals surface area contributed by atoms with E-state index in [0.29, 0.717) is 6.54 Å². The van der Waals surface area contributed by atoms with E-state index in [1.54, 1.807) is 0 Å². The van der Waals surface area contributed by atoms with Crippen molar-refractivity contribution in [1.82, 2.24) is 5.32 Å². The van der Waals surface area contributed by atoms with Crippen LogP contribution in [0.2, 0.25) is 0 Å². The third kappa shape index (κ3) is 1.61. The summed E-state index contributed by atoms with van der Waals surface area (Å²) < 4.78 is 0. The molecule has 2 rings (SSSR count). The van der Waals surface area contributed by atoms with Crippen LogP contribution in [0.4, 0.5) is 0 Å². The highest BCUT2D eigenvalue weighted by atomic mass is 79.9. The number of hydrogen-bond acceptors (Lipinski definition) is 1. The summed E-state index contributed by atoms with van der Waals surface area (Å²) in [6.07, 6.45) is 0. The molecule has 1 amide bonds. The molecule has 74 valence electrons. The van der Waals surface area contributed by atoms with Gasteiger partial charge < -0.3 is 5.32 Å². The normalized spacial score (nSPS) is 14.0. The SMILES string of the molecule is O=C1NCc2cc(CBr)c(CBr)cc21. The van der Waals surface area contributed by atoms with Crippen molar-refractivity contribution in [3.05, 3.63) is 34.4 Å². The van der Waals surface area contributed by atoms with Crippen LogP contribution in [0, 0.1) is 0 Å². The topological polar surface area (TPSA) is 29.1 Å². The molecule has 1 aliphatic heterocycles. The van der Waals surface area contributed by atoms with Gasteiger partial charge >= 0.3 is 0 Å². The molecule has 1 N–H and O–H groups in total. The Morgan fingerprint density at radius 1 is 1.21 bits per heavy atom. The fraction of sp³-hybridized carbons (Fsp3) is 0.300. The minimum absolute atomic E-state index is 0.0447. The maximum Gasteiger partial charge on any atom is 0.251 e. The number of amides is 1. The van der Waals surface area contributed by atoms with E-state index in [4.69, 9.17) is 0 Å². The molecular weight excluding hydrogens is 310 g/mol. The summed E-state index contributed by atoms with van der Waals surface area (Å²) in [5, 5.41) is 4.43. The van der Waals surface area contributed by atoms with Crippen LogP contribution in [-0.2, 0) is 17.2 Å². The number of carbonyl (C=O) groups is 1. The summed E-state index contributed by atoms with van der Waals surface area (Å²) in [6, 6.07) is 4.07. The molecule has 0 aromatic heterocycles. The molecule has 14 heavy (non-hydrogen) atoms. The molecule has 1 aromatic carbocycles. The van der Waals surface area contributed by atoms with Crippen molar-refractivity contribution in [2.24, 2.45) is 0 Å². The van der Waals surface area contributed by atoms with Gasteiger partial charge in [-0.3, -0.25) is 4.79 Å². The summed E-state index contributed by atoms with van der Waals surface area (Å²) in [6.45, 7) is 0.663. The van der Waals surface area contributed by atoms with Gasteiger partial charge in [0.2, 0.25) is 0 Å². The molecule has 0 saturated carbocycles. The lowest BCUT2D eigenvalue weighted by atomic mass is 10.0. The number of halogens is 2. The average molecular weight is 319 g/mol. The predicted octanol–water partition coefficient (Wildman–Crippen LogP) is 2.72. The molecule has 0 saturated heterocycles. The smallest absolute Gasteiger partial charge is 0.251 e. The van der Waals surface area contributed by atoms with Crippen LogP contribution in [0.3, 0.4) is 0 Å². The molecule has 2 nitrogen and oxygen atoms in total. The van der Waals surface area contributed by atoms with E-state index in [-0.39, 0.29) is 5.91 Å². The first-order valence-electron chi connectivity index (χ1n) is 4.31. The van der Waals surface area contributed by atoms with Crippen molar-refractivity contribution in [3.8, 4) is 0 Å². The molecule has 0 spiro atoms. The van der Waals surface area contributed by atoms with E-state index in [1.807, 2.05) is 6.07 Å². The number of nitrogens with one attached hydrogen (secondary N) is 1. The zero-order valence-corrected chi connectivity index (χ0v) is 10.6. The van der Waals surface area contributed by atoms with Crippen molar-refractivity contribution in [1.29, 1.82) is 0 Å². The molecule has 0 aliphatic carbocycles. The van der Waals surface area contributed by atoms with Gasteiger partial charge in [-0.15, -0.1) is 0 Å². The molecule has 0 unspecified atom stereocenters. The Morgan fingerprint density at radius 2 is 1.86 bits per heavy atom. The first-order valence-corrected chi connectivity index (χ1v) is 6.55. The zero-order chi connectivity index (χ0) is 10.1. The Bertz CT molecular complexity index is 390. The van der Waals surface area contributed by atoms with Crippen LogP contribution in [0.15, 0.2) is 12.1 Å². The first kappa shape index (κ1) is 10.2. The summed E-state index contributed by atoms with van der Waals surface area (Å²) >= 11 is 6.87. The molecule has 1 aliphatic rings. The van der Waals surface area contributed by atoms with E-state index < -0.39 is 0 Å². The zero-order valence-electron chi connectivity index (χ0n) is 7.44. The minimum Gasteiger partial charge on any atom is -0.348 e. The summed E-state index contributed by atoms with van der Waals surface area (Å²) in [4.78, 5) is 11.4. The number of fused-ring (bicyclic) bond motifs is 1. The Hall–Kier alpha value is -0.350. The Labute approximate surface area is 99.3 Å². The highest BCUT2D eigenvalue weighted by Gasteiger charge is 2.20. The monoisotopic (exact) mass is 317 g/mol. The van der Waals surface area contributed by atoms with Crippen LogP contribution >= 0.6 is 31.9 Å². The summed E-state index contributed by atoms with van der Waals surface area (Å²) in [5.41, 5.74) is 4.35. The fourth-order valence-corrected chi connectivity index (χ4v) is 2.66. The predicted molar refractivity (Wildman–Crippen MR) is 62.9 cm³/mol. The van der Waals surface area contributed by atoms with Crippen LogP contribution in [0.1, 0.15) is 27.0 Å². The lowest BCUT2D eigenvalue weighted by Crippen LogP contribution is -2.12. The lowest BCUT2D eigenvalue weighted by Gasteiger charge is -2.06. The third-order valence-electron chi connectivity index (χ3n) is 2.40. The van der Waals surface area contributed by atoms with Gasteiger partial charge in [-0.05, 0) is 22.8 Å². The summed E-state index contributed by atoms with van der Waals surface area (Å²) in [5.74, 6) is 0.0447. The second kappa shape index (κ2) is 4.03. The van der Waals surface area contributed by atoms with E-state index in [1.165, 1.54) is 11.1 Å². The average Bonchev–Trinajstić information content (AvgIpc) is 2.58. The number of benzene rings is 1. The van der Waals surface area contributed by atoms with Crippen LogP contribution < -0.4 is 5.32 Å². The Kier molecular flexibility index (Phi) is 2.93. The highest BCUT2D eigenvalue weighted by molar-refractivity contribution is 9.09. The molecule has 0 radical (unpaired) electrons. The number of alkyl halides is 2. The van der Waals surface area contributed by atoms with Gasteiger partial charge in [0.15, 0.2) is 0 Å². The van der Waals surface area contributed by atoms with Crippen molar-refractivity contribution < 1.29 is 4.79 Å². The molecule has 4 heteroatoms. The summed E-state index contributed by atoms with van der Waals surface area (Å²) in [7, 11) is 0. The molecule has 0 fully saturated rings. The van der Waals surface area contributed by atoms with Gasteiger partial charge in [0.05, 0.1) is 0 Å². The van der Waals surface area contributed by atoms with E-state index in [0.717, 1.165) is 21.8 Å². The molecule has 0 bridgehead atoms. The van der Waals surface area contributed by atoms with E-state index in [2.05, 4.69) is 43.2 Å². The number of carbonyl (C=O) groups excluding carboxylic acids is 1. The van der Waals surface area contributed by atoms with Crippen LogP contribution in [-0.4, -0.2) is 5.91 Å². The van der Waals surface area contributed by atoms with Crippen LogP contribution in [0.25, 0.3) is 0 Å². The van der Waals surface area contributed by atoms with Gasteiger partial charge in [-0.2, -0.15) is 0 Å². The fourth-order valence-electron chi connectivity index (χ4n) is 1.62. The molecule has 1 heterocycles. The van der Waals surface area contributed by atoms with Crippen molar-refractivity contribution in [2.45, 2.75) is 17.2 Å². The van der Waals surface area contributed by atoms with E-state index in [9.17, 15) is 4.79 Å². The Balaban J connectivity index is 2.54. The second-order valence-electron chi connectivity index (χ2n) is 3.23. The van der Waals surface area contributed by atoms with Crippen LogP contribution in [0.5, 0.6) is 0 Å². The van der Waals surface area contributed by atoms with Gasteiger partial charge in [-0.1, -0.05) is 37.9 Å². The first-order chi connectivity index (χ1) is 6.76. The number of hydrogen-bond donors (Lipinski definition) is 1. The van der Waals surface area contributed by atoms with Gasteiger partial charge in [0.25, 0.3) is 5.91 Å². The van der Waals surface area contributed by atoms with Crippen molar-refractivity contribution >= 4 is 37.8 Å². The van der Waals surface area contributed by atoms with Crippen molar-refractivity contribution in [2.75, 3.05) is 0 Å². The molecule has 1 aromatic rings. The quantitative estimate of drug-likeness (QED) is 0.835. The van der Waals surface area contributed by atoms with Gasteiger partial charge in [-0.25, -0.2) is 0 Å². The lowest BCUT2D eigenvalue weighted by molar-refractivity contribution is 0.0965. The number of rotatable bonds is 2. The maximum absolute atomic E-state index is 11.4. The largest absolute Gasteiger partial charge is 0.348 e. The standard InChI is InChI=1S/C10H9Br2NO/c11-3-6-1-8-5-13-10(14)9(8)2-7(6)4-12/h1-2H,3-5H2,(H,13,14). The minimum atomic E-state index is 0.0447.